The Morgan fingerprint density at radius 1 is 1.30 bits per heavy atom. The molecule has 0 radical (unpaired) electrons. The van der Waals surface area contributed by atoms with Crippen LogP contribution in [0.5, 0.6) is 5.75 Å². The number of amides is 2. The number of rotatable bonds is 5. The van der Waals surface area contributed by atoms with Crippen LogP contribution in [-0.2, 0) is 4.79 Å². The molecule has 23 heavy (non-hydrogen) atoms. The van der Waals surface area contributed by atoms with Crippen molar-refractivity contribution in [3.8, 4) is 5.75 Å². The number of likely N-dealkylation sites (tertiary alicyclic amines) is 1. The van der Waals surface area contributed by atoms with Crippen LogP contribution in [0.4, 0.5) is 0 Å². The van der Waals surface area contributed by atoms with Crippen molar-refractivity contribution >= 4 is 11.8 Å². The minimum Gasteiger partial charge on any atom is -0.492 e. The van der Waals surface area contributed by atoms with Gasteiger partial charge in [0.15, 0.2) is 0 Å². The van der Waals surface area contributed by atoms with Crippen LogP contribution in [0.2, 0.25) is 0 Å². The van der Waals surface area contributed by atoms with E-state index in [9.17, 15) is 9.59 Å². The zero-order chi connectivity index (χ0) is 16.8. The van der Waals surface area contributed by atoms with Crippen molar-refractivity contribution in [1.82, 2.24) is 10.3 Å². The molecule has 0 bridgehead atoms. The van der Waals surface area contributed by atoms with Crippen molar-refractivity contribution < 1.29 is 14.3 Å². The molecule has 1 aliphatic heterocycles. The number of carbonyl (C=O) groups excluding carboxylic acids is 2. The van der Waals surface area contributed by atoms with Gasteiger partial charge in [-0.25, -0.2) is 5.84 Å². The number of hydrogen-bond acceptors (Lipinski definition) is 4. The zero-order valence-electron chi connectivity index (χ0n) is 13.7. The van der Waals surface area contributed by atoms with E-state index >= 15 is 0 Å². The van der Waals surface area contributed by atoms with E-state index in [1.54, 1.807) is 11.0 Å². The van der Waals surface area contributed by atoms with Crippen LogP contribution >= 0.6 is 0 Å². The van der Waals surface area contributed by atoms with Crippen LogP contribution in [0.3, 0.4) is 0 Å². The highest BCUT2D eigenvalue weighted by atomic mass is 16.5. The second kappa shape index (κ2) is 7.97. The van der Waals surface area contributed by atoms with Crippen molar-refractivity contribution in [3.05, 3.63) is 29.8 Å². The minimum absolute atomic E-state index is 0.0454. The number of para-hydroxylation sites is 1. The predicted octanol–water partition coefficient (Wildman–Crippen LogP) is 1.56. The normalized spacial score (nSPS) is 15.6. The maximum Gasteiger partial charge on any atom is 0.257 e. The summed E-state index contributed by atoms with van der Waals surface area (Å²) in [7, 11) is 0. The van der Waals surface area contributed by atoms with Crippen LogP contribution in [0.25, 0.3) is 0 Å². The fraction of sp³-hybridized carbons (Fsp3) is 0.529. The molecule has 126 valence electrons. The molecule has 0 aromatic heterocycles. The molecule has 2 amide bonds. The lowest BCUT2D eigenvalue weighted by Crippen LogP contribution is -2.44. The number of nitrogens with zero attached hydrogens (tertiary/aromatic N) is 1. The van der Waals surface area contributed by atoms with Crippen molar-refractivity contribution in [2.45, 2.75) is 26.7 Å². The third-order valence-electron chi connectivity index (χ3n) is 3.98. The lowest BCUT2D eigenvalue weighted by atomic mass is 9.95. The first-order chi connectivity index (χ1) is 11.0. The highest BCUT2D eigenvalue weighted by Crippen LogP contribution is 2.24. The van der Waals surface area contributed by atoms with E-state index in [2.05, 4.69) is 19.3 Å². The van der Waals surface area contributed by atoms with Gasteiger partial charge in [-0.15, -0.1) is 0 Å². The average molecular weight is 319 g/mol. The summed E-state index contributed by atoms with van der Waals surface area (Å²) >= 11 is 0. The molecule has 1 aliphatic rings. The molecule has 6 nitrogen and oxygen atoms in total. The third-order valence-corrected chi connectivity index (χ3v) is 3.98. The van der Waals surface area contributed by atoms with Gasteiger partial charge in [-0.3, -0.25) is 15.0 Å². The van der Waals surface area contributed by atoms with Crippen LogP contribution in [-0.4, -0.2) is 36.4 Å². The topological polar surface area (TPSA) is 84.7 Å². The van der Waals surface area contributed by atoms with Crippen LogP contribution in [0, 0.1) is 11.8 Å². The number of ether oxygens (including phenoxy) is 1. The summed E-state index contributed by atoms with van der Waals surface area (Å²) in [6.45, 7) is 5.81. The van der Waals surface area contributed by atoms with Gasteiger partial charge in [0.25, 0.3) is 5.91 Å². The largest absolute Gasteiger partial charge is 0.492 e. The van der Waals surface area contributed by atoms with E-state index in [4.69, 9.17) is 10.6 Å². The van der Waals surface area contributed by atoms with Crippen molar-refractivity contribution in [3.63, 3.8) is 0 Å². The molecule has 1 heterocycles. The quantitative estimate of drug-likeness (QED) is 0.490. The fourth-order valence-corrected chi connectivity index (χ4v) is 2.66. The van der Waals surface area contributed by atoms with Gasteiger partial charge in [-0.1, -0.05) is 26.0 Å². The first-order valence-electron chi connectivity index (χ1n) is 8.04. The van der Waals surface area contributed by atoms with Crippen LogP contribution < -0.4 is 16.0 Å². The van der Waals surface area contributed by atoms with E-state index in [-0.39, 0.29) is 17.7 Å². The van der Waals surface area contributed by atoms with Gasteiger partial charge in [0, 0.05) is 19.0 Å². The average Bonchev–Trinajstić information content (AvgIpc) is 2.59. The van der Waals surface area contributed by atoms with E-state index < -0.39 is 0 Å². The summed E-state index contributed by atoms with van der Waals surface area (Å²) in [6.07, 6.45) is 1.26. The number of nitrogens with two attached hydrogens (primary N) is 1. The monoisotopic (exact) mass is 319 g/mol. The molecular formula is C17H25N3O3. The summed E-state index contributed by atoms with van der Waals surface area (Å²) < 4.78 is 5.76. The van der Waals surface area contributed by atoms with E-state index in [0.717, 1.165) is 0 Å². The summed E-state index contributed by atoms with van der Waals surface area (Å²) in [5.74, 6) is 5.87. The summed E-state index contributed by atoms with van der Waals surface area (Å²) in [5, 5.41) is 0. The number of piperidine rings is 1. The summed E-state index contributed by atoms with van der Waals surface area (Å²) in [4.78, 5) is 26.1. The SMILES string of the molecule is CC(C)COc1ccccc1C(=O)N1CCC(C(=O)NN)CC1. The highest BCUT2D eigenvalue weighted by molar-refractivity contribution is 5.97. The van der Waals surface area contributed by atoms with Gasteiger partial charge in [0.1, 0.15) is 5.75 Å². The molecule has 0 atom stereocenters. The molecule has 1 saturated heterocycles. The Hall–Kier alpha value is -2.08. The maximum absolute atomic E-state index is 12.7. The van der Waals surface area contributed by atoms with Gasteiger partial charge in [0.05, 0.1) is 12.2 Å². The molecule has 1 aromatic rings. The van der Waals surface area contributed by atoms with Gasteiger partial charge in [-0.05, 0) is 30.9 Å². The summed E-state index contributed by atoms with van der Waals surface area (Å²) in [6, 6.07) is 7.31. The molecule has 2 rings (SSSR count). The van der Waals surface area contributed by atoms with Crippen molar-refractivity contribution in [2.24, 2.45) is 17.7 Å². The molecule has 1 aromatic carbocycles. The standard InChI is InChI=1S/C17H25N3O3/c1-12(2)11-23-15-6-4-3-5-14(15)17(22)20-9-7-13(8-10-20)16(21)19-18/h3-6,12-13H,7-11,18H2,1-2H3,(H,19,21). The van der Waals surface area contributed by atoms with E-state index in [1.165, 1.54) is 0 Å². The van der Waals surface area contributed by atoms with Gasteiger partial charge in [-0.2, -0.15) is 0 Å². The second-order valence-corrected chi connectivity index (χ2v) is 6.28. The van der Waals surface area contributed by atoms with E-state index in [0.29, 0.717) is 49.8 Å². The molecular weight excluding hydrogens is 294 g/mol. The summed E-state index contributed by atoms with van der Waals surface area (Å²) in [5.41, 5.74) is 2.76. The lowest BCUT2D eigenvalue weighted by molar-refractivity contribution is -0.126. The number of hydrogen-bond donors (Lipinski definition) is 2. The van der Waals surface area contributed by atoms with Crippen molar-refractivity contribution in [2.75, 3.05) is 19.7 Å². The fourth-order valence-electron chi connectivity index (χ4n) is 2.66. The highest BCUT2D eigenvalue weighted by Gasteiger charge is 2.28. The Balaban J connectivity index is 2.02. The maximum atomic E-state index is 12.7. The first kappa shape index (κ1) is 17.3. The molecule has 1 fully saturated rings. The van der Waals surface area contributed by atoms with Gasteiger partial charge in [0.2, 0.25) is 5.91 Å². The molecule has 0 saturated carbocycles. The molecule has 3 N–H and O–H groups in total. The second-order valence-electron chi connectivity index (χ2n) is 6.28. The van der Waals surface area contributed by atoms with E-state index in [1.807, 2.05) is 18.2 Å². The Morgan fingerprint density at radius 3 is 2.57 bits per heavy atom. The van der Waals surface area contributed by atoms with Crippen LogP contribution in [0.1, 0.15) is 37.0 Å². The van der Waals surface area contributed by atoms with Crippen molar-refractivity contribution in [1.29, 1.82) is 0 Å². The number of benzene rings is 1. The minimum atomic E-state index is -0.155. The lowest BCUT2D eigenvalue weighted by Gasteiger charge is -2.31. The smallest absolute Gasteiger partial charge is 0.257 e. The van der Waals surface area contributed by atoms with Crippen LogP contribution in [0.15, 0.2) is 24.3 Å². The molecule has 0 unspecified atom stereocenters. The third kappa shape index (κ3) is 4.45. The number of carbonyl (C=O) groups is 2. The number of hydrazine groups is 1. The molecule has 6 heteroatoms. The van der Waals surface area contributed by atoms with Gasteiger partial charge >= 0.3 is 0 Å². The zero-order valence-corrected chi connectivity index (χ0v) is 13.7. The molecule has 0 aliphatic carbocycles. The predicted molar refractivity (Wildman–Crippen MR) is 87.7 cm³/mol. The molecule has 0 spiro atoms. The Labute approximate surface area is 136 Å². The Kier molecular flexibility index (Phi) is 5.98. The Morgan fingerprint density at radius 2 is 1.96 bits per heavy atom. The first-order valence-corrected chi connectivity index (χ1v) is 8.04. The Bertz CT molecular complexity index is 552. The number of nitrogens with one attached hydrogen (secondary N) is 1. The van der Waals surface area contributed by atoms with Gasteiger partial charge < -0.3 is 9.64 Å².